The van der Waals surface area contributed by atoms with Crippen molar-refractivity contribution in [1.82, 2.24) is 15.0 Å². The summed E-state index contributed by atoms with van der Waals surface area (Å²) in [4.78, 5) is 1.44. The fourth-order valence-corrected chi connectivity index (χ4v) is 1.88. The molecule has 1 heterocycles. The van der Waals surface area contributed by atoms with Crippen molar-refractivity contribution >= 4 is 33.3 Å². The van der Waals surface area contributed by atoms with Crippen LogP contribution in [0.25, 0.3) is 5.69 Å². The topological polar surface area (TPSA) is 56.7 Å². The molecular formula is C8H6BrClN4. The van der Waals surface area contributed by atoms with Crippen LogP contribution in [-0.4, -0.2) is 15.0 Å². The molecule has 0 bridgehead atoms. The Balaban J connectivity index is 2.52. The van der Waals surface area contributed by atoms with E-state index in [-0.39, 0.29) is 0 Å². The molecule has 2 aromatic rings. The van der Waals surface area contributed by atoms with E-state index >= 15 is 0 Å². The lowest BCUT2D eigenvalue weighted by molar-refractivity contribution is 0.751. The molecule has 0 atom stereocenters. The van der Waals surface area contributed by atoms with Crippen molar-refractivity contribution < 1.29 is 0 Å². The fraction of sp³-hybridized carbons (Fsp3) is 0. The van der Waals surface area contributed by atoms with E-state index in [4.69, 9.17) is 17.3 Å². The van der Waals surface area contributed by atoms with Gasteiger partial charge in [0.15, 0.2) is 5.82 Å². The molecule has 0 aliphatic rings. The van der Waals surface area contributed by atoms with Gasteiger partial charge in [0.1, 0.15) is 0 Å². The van der Waals surface area contributed by atoms with E-state index in [1.807, 2.05) is 6.07 Å². The first kappa shape index (κ1) is 9.48. The van der Waals surface area contributed by atoms with E-state index in [0.717, 1.165) is 10.2 Å². The minimum atomic E-state index is 0.381. The summed E-state index contributed by atoms with van der Waals surface area (Å²) in [7, 11) is 0. The summed E-state index contributed by atoms with van der Waals surface area (Å²) in [5.41, 5.74) is 6.26. The van der Waals surface area contributed by atoms with E-state index in [0.29, 0.717) is 10.8 Å². The lowest BCUT2D eigenvalue weighted by Crippen LogP contribution is -2.00. The molecule has 14 heavy (non-hydrogen) atoms. The number of halogens is 2. The Morgan fingerprint density at radius 2 is 2.21 bits per heavy atom. The van der Waals surface area contributed by atoms with E-state index in [1.54, 1.807) is 12.1 Å². The lowest BCUT2D eigenvalue weighted by atomic mass is 10.3. The molecule has 72 valence electrons. The van der Waals surface area contributed by atoms with Crippen LogP contribution in [0, 0.1) is 0 Å². The van der Waals surface area contributed by atoms with E-state index in [9.17, 15) is 0 Å². The second-order valence-corrected chi connectivity index (χ2v) is 3.95. The number of anilines is 1. The van der Waals surface area contributed by atoms with Crippen molar-refractivity contribution in [3.63, 3.8) is 0 Å². The summed E-state index contributed by atoms with van der Waals surface area (Å²) < 4.78 is 0.820. The number of aromatic nitrogens is 3. The van der Waals surface area contributed by atoms with Gasteiger partial charge in [0.05, 0.1) is 11.9 Å². The Kier molecular flexibility index (Phi) is 2.43. The van der Waals surface area contributed by atoms with Gasteiger partial charge in [0.25, 0.3) is 0 Å². The van der Waals surface area contributed by atoms with Crippen molar-refractivity contribution in [3.8, 4) is 5.69 Å². The summed E-state index contributed by atoms with van der Waals surface area (Å²) in [6, 6.07) is 5.35. The molecule has 0 unspecified atom stereocenters. The SMILES string of the molecule is Nc1cnn(-c2ccc(Cl)cc2Br)n1. The highest BCUT2D eigenvalue weighted by molar-refractivity contribution is 9.10. The molecule has 0 saturated heterocycles. The van der Waals surface area contributed by atoms with Gasteiger partial charge in [-0.2, -0.15) is 5.10 Å². The molecule has 4 nitrogen and oxygen atoms in total. The molecule has 0 radical (unpaired) electrons. The minimum absolute atomic E-state index is 0.381. The summed E-state index contributed by atoms with van der Waals surface area (Å²) in [6.45, 7) is 0. The van der Waals surface area contributed by atoms with Gasteiger partial charge in [-0.1, -0.05) is 11.6 Å². The Bertz CT molecular complexity index is 468. The van der Waals surface area contributed by atoms with Gasteiger partial charge in [-0.25, -0.2) is 0 Å². The highest BCUT2D eigenvalue weighted by Gasteiger charge is 2.05. The largest absolute Gasteiger partial charge is 0.381 e. The third kappa shape index (κ3) is 1.73. The van der Waals surface area contributed by atoms with Gasteiger partial charge in [0.2, 0.25) is 0 Å². The second kappa shape index (κ2) is 3.59. The molecule has 0 amide bonds. The zero-order chi connectivity index (χ0) is 10.1. The lowest BCUT2D eigenvalue weighted by Gasteiger charge is -2.02. The first-order valence-corrected chi connectivity index (χ1v) is 4.97. The number of rotatable bonds is 1. The Hall–Kier alpha value is -1.07. The molecule has 2 N–H and O–H groups in total. The average Bonchev–Trinajstić information content (AvgIpc) is 2.51. The van der Waals surface area contributed by atoms with Crippen LogP contribution in [0.5, 0.6) is 0 Å². The Morgan fingerprint density at radius 3 is 2.79 bits per heavy atom. The van der Waals surface area contributed by atoms with E-state index in [1.165, 1.54) is 11.0 Å². The molecule has 2 rings (SSSR count). The summed E-state index contributed by atoms with van der Waals surface area (Å²) in [5, 5.41) is 8.62. The molecule has 0 spiro atoms. The highest BCUT2D eigenvalue weighted by Crippen LogP contribution is 2.23. The zero-order valence-corrected chi connectivity index (χ0v) is 9.33. The van der Waals surface area contributed by atoms with Crippen molar-refractivity contribution in [2.45, 2.75) is 0 Å². The van der Waals surface area contributed by atoms with E-state index < -0.39 is 0 Å². The molecule has 1 aromatic carbocycles. The third-order valence-corrected chi connectivity index (χ3v) is 2.51. The van der Waals surface area contributed by atoms with Crippen molar-refractivity contribution in [3.05, 3.63) is 33.9 Å². The summed E-state index contributed by atoms with van der Waals surface area (Å²) in [5.74, 6) is 0.381. The molecule has 0 fully saturated rings. The first-order chi connectivity index (χ1) is 6.66. The van der Waals surface area contributed by atoms with Crippen LogP contribution in [0.4, 0.5) is 5.82 Å². The second-order valence-electron chi connectivity index (χ2n) is 2.65. The zero-order valence-electron chi connectivity index (χ0n) is 6.98. The molecule has 1 aromatic heterocycles. The number of nitrogens with zero attached hydrogens (tertiary/aromatic N) is 3. The monoisotopic (exact) mass is 272 g/mol. The van der Waals surface area contributed by atoms with Crippen LogP contribution in [0.2, 0.25) is 5.02 Å². The highest BCUT2D eigenvalue weighted by atomic mass is 79.9. The fourth-order valence-electron chi connectivity index (χ4n) is 1.03. The van der Waals surface area contributed by atoms with Crippen LogP contribution < -0.4 is 5.73 Å². The van der Waals surface area contributed by atoms with Crippen LogP contribution in [0.15, 0.2) is 28.9 Å². The maximum absolute atomic E-state index is 5.80. The predicted octanol–water partition coefficient (Wildman–Crippen LogP) is 2.27. The van der Waals surface area contributed by atoms with Gasteiger partial charge in [-0.15, -0.1) is 9.90 Å². The predicted molar refractivity (Wildman–Crippen MR) is 58.5 cm³/mol. The third-order valence-electron chi connectivity index (χ3n) is 1.63. The van der Waals surface area contributed by atoms with Crippen LogP contribution in [0.1, 0.15) is 0 Å². The number of hydrogen-bond donors (Lipinski definition) is 1. The van der Waals surface area contributed by atoms with Gasteiger partial charge < -0.3 is 5.73 Å². The van der Waals surface area contributed by atoms with E-state index in [2.05, 4.69) is 26.1 Å². The quantitative estimate of drug-likeness (QED) is 0.867. The van der Waals surface area contributed by atoms with Gasteiger partial charge in [-0.05, 0) is 34.1 Å². The number of hydrogen-bond acceptors (Lipinski definition) is 3. The minimum Gasteiger partial charge on any atom is -0.381 e. The van der Waals surface area contributed by atoms with Gasteiger partial charge >= 0.3 is 0 Å². The molecular weight excluding hydrogens is 267 g/mol. The van der Waals surface area contributed by atoms with Crippen LogP contribution >= 0.6 is 27.5 Å². The molecule has 0 aliphatic heterocycles. The standard InChI is InChI=1S/C8H6BrClN4/c9-6-3-5(10)1-2-7(6)14-12-4-8(11)13-14/h1-4H,(H2,11,13). The number of nitrogen functional groups attached to an aromatic ring is 1. The van der Waals surface area contributed by atoms with Gasteiger partial charge in [0, 0.05) is 9.50 Å². The average molecular weight is 274 g/mol. The van der Waals surface area contributed by atoms with Crippen molar-refractivity contribution in [2.75, 3.05) is 5.73 Å². The smallest absolute Gasteiger partial charge is 0.166 e. The maximum Gasteiger partial charge on any atom is 0.166 e. The van der Waals surface area contributed by atoms with Gasteiger partial charge in [-0.3, -0.25) is 0 Å². The Labute approximate surface area is 93.8 Å². The summed E-state index contributed by atoms with van der Waals surface area (Å²) >= 11 is 9.17. The normalized spacial score (nSPS) is 10.4. The van der Waals surface area contributed by atoms with Crippen LogP contribution in [0.3, 0.4) is 0 Å². The number of nitrogens with two attached hydrogens (primary N) is 1. The summed E-state index contributed by atoms with van der Waals surface area (Å²) in [6.07, 6.45) is 1.49. The maximum atomic E-state index is 5.80. The Morgan fingerprint density at radius 1 is 1.43 bits per heavy atom. The van der Waals surface area contributed by atoms with Crippen molar-refractivity contribution in [2.24, 2.45) is 0 Å². The molecule has 0 aliphatic carbocycles. The van der Waals surface area contributed by atoms with Crippen molar-refractivity contribution in [1.29, 1.82) is 0 Å². The molecule has 6 heteroatoms. The number of benzene rings is 1. The molecule has 0 saturated carbocycles. The first-order valence-electron chi connectivity index (χ1n) is 3.80. The van der Waals surface area contributed by atoms with Crippen LogP contribution in [-0.2, 0) is 0 Å².